The second-order valence-electron chi connectivity index (χ2n) is 3.59. The van der Waals surface area contributed by atoms with E-state index in [0.29, 0.717) is 31.2 Å². The van der Waals surface area contributed by atoms with Crippen molar-refractivity contribution >= 4 is 56.5 Å². The molecule has 0 aliphatic rings. The van der Waals surface area contributed by atoms with Crippen LogP contribution in [-0.2, 0) is 0 Å². The van der Waals surface area contributed by atoms with Crippen LogP contribution in [0.5, 0.6) is 0 Å². The smallest absolute Gasteiger partial charge is 0.0686 e. The van der Waals surface area contributed by atoms with Crippen LogP contribution < -0.4 is 0 Å². The van der Waals surface area contributed by atoms with E-state index in [1.807, 2.05) is 36.4 Å². The van der Waals surface area contributed by atoms with Gasteiger partial charge in [-0.25, -0.2) is 0 Å². The molecule has 0 N–H and O–H groups in total. The molecular formula is C14H8Cl4. The first-order chi connectivity index (χ1) is 8.61. The third-order valence-electron chi connectivity index (χ3n) is 2.41. The van der Waals surface area contributed by atoms with E-state index in [-0.39, 0.29) is 0 Å². The van der Waals surface area contributed by atoms with Gasteiger partial charge in [0.1, 0.15) is 0 Å². The summed E-state index contributed by atoms with van der Waals surface area (Å²) >= 11 is 24.7. The summed E-state index contributed by atoms with van der Waals surface area (Å²) in [6.07, 6.45) is 0. The molecule has 0 amide bonds. The molecule has 2 rings (SSSR count). The average Bonchev–Trinajstić information content (AvgIpc) is 2.38. The highest BCUT2D eigenvalue weighted by atomic mass is 35.5. The summed E-state index contributed by atoms with van der Waals surface area (Å²) in [5.74, 6) is 0. The zero-order chi connectivity index (χ0) is 13.1. The molecule has 0 fully saturated rings. The van der Waals surface area contributed by atoms with E-state index in [1.54, 1.807) is 12.1 Å². The Morgan fingerprint density at radius 2 is 0.944 bits per heavy atom. The third-order valence-corrected chi connectivity index (χ3v) is 3.95. The van der Waals surface area contributed by atoms with E-state index in [9.17, 15) is 0 Å². The molecule has 4 heteroatoms. The number of rotatable bonds is 2. The van der Waals surface area contributed by atoms with Gasteiger partial charge in [-0.05, 0) is 12.1 Å². The Balaban J connectivity index is 2.55. The van der Waals surface area contributed by atoms with Crippen molar-refractivity contribution in [2.45, 2.75) is 0 Å². The Kier molecular flexibility index (Phi) is 4.58. The molecule has 0 atom stereocenters. The van der Waals surface area contributed by atoms with Crippen molar-refractivity contribution < 1.29 is 0 Å². The first-order valence-electron chi connectivity index (χ1n) is 5.16. The van der Waals surface area contributed by atoms with Crippen LogP contribution in [0, 0.1) is 0 Å². The van der Waals surface area contributed by atoms with Gasteiger partial charge < -0.3 is 0 Å². The van der Waals surface area contributed by atoms with Crippen molar-refractivity contribution in [3.63, 3.8) is 0 Å². The molecule has 0 saturated carbocycles. The second-order valence-corrected chi connectivity index (χ2v) is 5.16. The SMILES string of the molecule is Cl/C(=C(\Cl)c1ccccc1Cl)c1ccccc1Cl. The summed E-state index contributed by atoms with van der Waals surface area (Å²) in [5.41, 5.74) is 1.37. The molecule has 0 unspecified atom stereocenters. The van der Waals surface area contributed by atoms with Crippen LogP contribution in [0.3, 0.4) is 0 Å². The van der Waals surface area contributed by atoms with E-state index < -0.39 is 0 Å². The monoisotopic (exact) mass is 316 g/mol. The Hall–Kier alpha value is -0.660. The third kappa shape index (κ3) is 2.84. The molecule has 0 spiro atoms. The van der Waals surface area contributed by atoms with Crippen molar-refractivity contribution in [2.24, 2.45) is 0 Å². The molecule has 2 aromatic rings. The maximum atomic E-state index is 6.27. The number of halogens is 4. The van der Waals surface area contributed by atoms with Crippen LogP contribution in [-0.4, -0.2) is 0 Å². The first-order valence-corrected chi connectivity index (χ1v) is 6.67. The van der Waals surface area contributed by atoms with E-state index in [2.05, 4.69) is 0 Å². The molecular weight excluding hydrogens is 310 g/mol. The molecule has 0 nitrogen and oxygen atoms in total. The van der Waals surface area contributed by atoms with E-state index >= 15 is 0 Å². The van der Waals surface area contributed by atoms with Crippen molar-refractivity contribution in [3.8, 4) is 0 Å². The minimum absolute atomic E-state index is 0.385. The minimum atomic E-state index is 0.385. The Morgan fingerprint density at radius 1 is 0.611 bits per heavy atom. The lowest BCUT2D eigenvalue weighted by Gasteiger charge is -2.07. The van der Waals surface area contributed by atoms with Crippen molar-refractivity contribution in [1.29, 1.82) is 0 Å². The highest BCUT2D eigenvalue weighted by molar-refractivity contribution is 6.66. The molecule has 0 radical (unpaired) electrons. The summed E-state index contributed by atoms with van der Waals surface area (Å²) in [7, 11) is 0. The van der Waals surface area contributed by atoms with E-state index in [1.165, 1.54) is 0 Å². The second kappa shape index (κ2) is 5.99. The van der Waals surface area contributed by atoms with Gasteiger partial charge in [0.15, 0.2) is 0 Å². The summed E-state index contributed by atoms with van der Waals surface area (Å²) in [4.78, 5) is 0. The lowest BCUT2D eigenvalue weighted by Crippen LogP contribution is -1.85. The van der Waals surface area contributed by atoms with Gasteiger partial charge in [0.2, 0.25) is 0 Å². The standard InChI is InChI=1S/C14H8Cl4/c15-11-7-3-1-5-9(11)13(17)14(18)10-6-2-4-8-12(10)16/h1-8H/b14-13-. The maximum Gasteiger partial charge on any atom is 0.0686 e. The van der Waals surface area contributed by atoms with Gasteiger partial charge in [-0.15, -0.1) is 0 Å². The lowest BCUT2D eigenvalue weighted by molar-refractivity contribution is 1.62. The van der Waals surface area contributed by atoms with Crippen LogP contribution in [0.25, 0.3) is 10.1 Å². The normalized spacial score (nSPS) is 12.2. The van der Waals surface area contributed by atoms with Crippen LogP contribution in [0.4, 0.5) is 0 Å². The highest BCUT2D eigenvalue weighted by Crippen LogP contribution is 2.37. The largest absolute Gasteiger partial charge is 0.0836 e. The maximum absolute atomic E-state index is 6.27. The summed E-state index contributed by atoms with van der Waals surface area (Å²) < 4.78 is 0. The topological polar surface area (TPSA) is 0 Å². The van der Waals surface area contributed by atoms with Gasteiger partial charge in [0.25, 0.3) is 0 Å². The quantitative estimate of drug-likeness (QED) is 0.570. The lowest BCUT2D eigenvalue weighted by atomic mass is 10.1. The van der Waals surface area contributed by atoms with E-state index in [4.69, 9.17) is 46.4 Å². The summed E-state index contributed by atoms with van der Waals surface area (Å²) in [6, 6.07) is 14.5. The molecule has 0 aliphatic heterocycles. The molecule has 0 aliphatic carbocycles. The Morgan fingerprint density at radius 3 is 1.28 bits per heavy atom. The van der Waals surface area contributed by atoms with Crippen LogP contribution >= 0.6 is 46.4 Å². The molecule has 0 aromatic heterocycles. The molecule has 0 heterocycles. The fraction of sp³-hybridized carbons (Fsp3) is 0. The van der Waals surface area contributed by atoms with Gasteiger partial charge in [0, 0.05) is 21.2 Å². The summed E-state index contributed by atoms with van der Waals surface area (Å²) in [5, 5.41) is 1.87. The molecule has 0 bridgehead atoms. The van der Waals surface area contributed by atoms with Crippen molar-refractivity contribution in [1.82, 2.24) is 0 Å². The van der Waals surface area contributed by atoms with Crippen molar-refractivity contribution in [3.05, 3.63) is 69.7 Å². The number of hydrogen-bond acceptors (Lipinski definition) is 0. The molecule has 18 heavy (non-hydrogen) atoms. The van der Waals surface area contributed by atoms with Gasteiger partial charge in [-0.2, -0.15) is 0 Å². The zero-order valence-electron chi connectivity index (χ0n) is 9.13. The van der Waals surface area contributed by atoms with Crippen molar-refractivity contribution in [2.75, 3.05) is 0 Å². The highest BCUT2D eigenvalue weighted by Gasteiger charge is 2.12. The van der Waals surface area contributed by atoms with Gasteiger partial charge >= 0.3 is 0 Å². The molecule has 0 saturated heterocycles. The number of benzene rings is 2. The predicted molar refractivity (Wildman–Crippen MR) is 81.4 cm³/mol. The van der Waals surface area contributed by atoms with Gasteiger partial charge in [0.05, 0.1) is 10.1 Å². The zero-order valence-corrected chi connectivity index (χ0v) is 12.2. The van der Waals surface area contributed by atoms with Crippen LogP contribution in [0.15, 0.2) is 48.5 Å². The fourth-order valence-electron chi connectivity index (χ4n) is 1.51. The van der Waals surface area contributed by atoms with E-state index in [0.717, 1.165) is 0 Å². The van der Waals surface area contributed by atoms with Crippen LogP contribution in [0.1, 0.15) is 11.1 Å². The predicted octanol–water partition coefficient (Wildman–Crippen LogP) is 6.30. The molecule has 92 valence electrons. The Bertz CT molecular complexity index is 549. The van der Waals surface area contributed by atoms with Gasteiger partial charge in [-0.1, -0.05) is 82.8 Å². The number of hydrogen-bond donors (Lipinski definition) is 0. The summed E-state index contributed by atoms with van der Waals surface area (Å²) in [6.45, 7) is 0. The first kappa shape index (κ1) is 13.8. The minimum Gasteiger partial charge on any atom is -0.0836 e. The van der Waals surface area contributed by atoms with Gasteiger partial charge in [-0.3, -0.25) is 0 Å². The average molecular weight is 318 g/mol. The Labute approximate surface area is 126 Å². The van der Waals surface area contributed by atoms with Crippen LogP contribution in [0.2, 0.25) is 10.0 Å². The fourth-order valence-corrected chi connectivity index (χ4v) is 2.61. The molecule has 2 aromatic carbocycles.